The lowest BCUT2D eigenvalue weighted by molar-refractivity contribution is -0.136. The van der Waals surface area contributed by atoms with E-state index in [4.69, 9.17) is 5.11 Å². The summed E-state index contributed by atoms with van der Waals surface area (Å²) in [6, 6.07) is 15.7. The van der Waals surface area contributed by atoms with Crippen molar-refractivity contribution in [3.05, 3.63) is 65.7 Å². The Morgan fingerprint density at radius 2 is 1.60 bits per heavy atom. The fourth-order valence-electron chi connectivity index (χ4n) is 2.51. The second-order valence-electron chi connectivity index (χ2n) is 6.37. The van der Waals surface area contributed by atoms with Gasteiger partial charge in [-0.2, -0.15) is 0 Å². The van der Waals surface area contributed by atoms with Crippen molar-refractivity contribution in [1.82, 2.24) is 16.0 Å². The first-order valence-electron chi connectivity index (χ1n) is 9.39. The molecule has 0 aromatic heterocycles. The number of carbonyl (C=O) groups is 4. The van der Waals surface area contributed by atoms with Gasteiger partial charge in [-0.3, -0.25) is 14.4 Å². The van der Waals surface area contributed by atoms with Crippen LogP contribution in [-0.4, -0.2) is 48.6 Å². The van der Waals surface area contributed by atoms with Gasteiger partial charge in [0.25, 0.3) is 5.91 Å². The Morgan fingerprint density at radius 3 is 2.33 bits per heavy atom. The molecular formula is C21H24N4O5. The van der Waals surface area contributed by atoms with E-state index in [1.807, 2.05) is 30.3 Å². The molecule has 5 N–H and O–H groups in total. The van der Waals surface area contributed by atoms with Gasteiger partial charge >= 0.3 is 12.0 Å². The van der Waals surface area contributed by atoms with E-state index in [2.05, 4.69) is 21.3 Å². The van der Waals surface area contributed by atoms with Crippen molar-refractivity contribution in [2.75, 3.05) is 25.0 Å². The topological polar surface area (TPSA) is 137 Å². The third-order valence-electron chi connectivity index (χ3n) is 4.00. The largest absolute Gasteiger partial charge is 0.481 e. The van der Waals surface area contributed by atoms with E-state index in [0.717, 1.165) is 5.56 Å². The summed E-state index contributed by atoms with van der Waals surface area (Å²) < 4.78 is 0. The summed E-state index contributed by atoms with van der Waals surface area (Å²) in [4.78, 5) is 46.2. The molecule has 0 fully saturated rings. The number of hydrogen-bond donors (Lipinski definition) is 5. The van der Waals surface area contributed by atoms with Gasteiger partial charge in [-0.05, 0) is 30.2 Å². The molecule has 0 aliphatic carbocycles. The first kappa shape index (κ1) is 22.4. The van der Waals surface area contributed by atoms with Gasteiger partial charge in [0.1, 0.15) is 0 Å². The van der Waals surface area contributed by atoms with E-state index in [0.29, 0.717) is 18.7 Å². The highest BCUT2D eigenvalue weighted by Gasteiger charge is 2.10. The predicted octanol–water partition coefficient (Wildman–Crippen LogP) is 1.37. The van der Waals surface area contributed by atoms with Gasteiger partial charge in [0, 0.05) is 24.3 Å². The summed E-state index contributed by atoms with van der Waals surface area (Å²) in [7, 11) is 0. The number of aliphatic carboxylic acids is 1. The van der Waals surface area contributed by atoms with Gasteiger partial charge < -0.3 is 26.4 Å². The number of nitrogens with one attached hydrogen (secondary N) is 4. The molecule has 0 saturated carbocycles. The molecule has 2 aromatic carbocycles. The summed E-state index contributed by atoms with van der Waals surface area (Å²) >= 11 is 0. The van der Waals surface area contributed by atoms with E-state index in [9.17, 15) is 19.2 Å². The first-order valence-corrected chi connectivity index (χ1v) is 9.39. The Bertz CT molecular complexity index is 886. The van der Waals surface area contributed by atoms with Crippen LogP contribution in [0.5, 0.6) is 0 Å². The Morgan fingerprint density at radius 1 is 0.833 bits per heavy atom. The molecule has 0 radical (unpaired) electrons. The predicted molar refractivity (Wildman–Crippen MR) is 111 cm³/mol. The molecule has 0 saturated heterocycles. The lowest BCUT2D eigenvalue weighted by Crippen LogP contribution is -2.37. The number of hydrogen-bond acceptors (Lipinski definition) is 4. The average Bonchev–Trinajstić information content (AvgIpc) is 2.72. The number of urea groups is 1. The third-order valence-corrected chi connectivity index (χ3v) is 4.00. The van der Waals surface area contributed by atoms with Crippen LogP contribution in [0.15, 0.2) is 54.6 Å². The Labute approximate surface area is 173 Å². The highest BCUT2D eigenvalue weighted by molar-refractivity contribution is 5.98. The molecular weight excluding hydrogens is 388 g/mol. The van der Waals surface area contributed by atoms with Gasteiger partial charge in [-0.1, -0.05) is 36.4 Å². The van der Waals surface area contributed by atoms with Gasteiger partial charge in [0.05, 0.1) is 13.0 Å². The van der Waals surface area contributed by atoms with Crippen molar-refractivity contribution >= 4 is 29.5 Å². The molecule has 0 atom stereocenters. The normalized spacial score (nSPS) is 10.0. The van der Waals surface area contributed by atoms with Crippen molar-refractivity contribution in [3.63, 3.8) is 0 Å². The fourth-order valence-corrected chi connectivity index (χ4v) is 2.51. The molecule has 158 valence electrons. The van der Waals surface area contributed by atoms with Crippen LogP contribution in [0.3, 0.4) is 0 Å². The number of benzene rings is 2. The molecule has 0 aliphatic heterocycles. The number of anilines is 1. The van der Waals surface area contributed by atoms with Crippen LogP contribution in [-0.2, 0) is 16.0 Å². The van der Waals surface area contributed by atoms with Crippen molar-refractivity contribution < 1.29 is 24.3 Å². The molecule has 0 spiro atoms. The third kappa shape index (κ3) is 8.42. The summed E-state index contributed by atoms with van der Waals surface area (Å²) in [6.45, 7) is 0.173. The zero-order chi connectivity index (χ0) is 21.8. The average molecular weight is 412 g/mol. The summed E-state index contributed by atoms with van der Waals surface area (Å²) in [5, 5.41) is 18.8. The number of rotatable bonds is 10. The van der Waals surface area contributed by atoms with Gasteiger partial charge in [-0.25, -0.2) is 4.79 Å². The molecule has 30 heavy (non-hydrogen) atoms. The van der Waals surface area contributed by atoms with E-state index < -0.39 is 17.8 Å². The van der Waals surface area contributed by atoms with Crippen LogP contribution >= 0.6 is 0 Å². The van der Waals surface area contributed by atoms with Gasteiger partial charge in [0.15, 0.2) is 0 Å². The van der Waals surface area contributed by atoms with E-state index in [1.54, 1.807) is 18.2 Å². The van der Waals surface area contributed by atoms with E-state index >= 15 is 0 Å². The zero-order valence-corrected chi connectivity index (χ0v) is 16.3. The molecule has 2 aromatic rings. The van der Waals surface area contributed by atoms with Crippen LogP contribution in [0.25, 0.3) is 0 Å². The van der Waals surface area contributed by atoms with Crippen molar-refractivity contribution in [1.29, 1.82) is 0 Å². The monoisotopic (exact) mass is 412 g/mol. The zero-order valence-electron chi connectivity index (χ0n) is 16.3. The number of carbonyl (C=O) groups excluding carboxylic acids is 3. The molecule has 9 heteroatoms. The molecule has 4 amide bonds. The molecule has 9 nitrogen and oxygen atoms in total. The second-order valence-corrected chi connectivity index (χ2v) is 6.37. The second kappa shape index (κ2) is 11.8. The number of carboxylic acid groups (broad SMARTS) is 1. The minimum absolute atomic E-state index is 0.0111. The number of amides is 4. The van der Waals surface area contributed by atoms with Crippen LogP contribution < -0.4 is 21.3 Å². The Hall–Kier alpha value is -3.88. The summed E-state index contributed by atoms with van der Waals surface area (Å²) in [5.41, 5.74) is 1.82. The fraction of sp³-hybridized carbons (Fsp3) is 0.238. The molecule has 0 unspecified atom stereocenters. The first-order chi connectivity index (χ1) is 14.4. The minimum Gasteiger partial charge on any atom is -0.481 e. The van der Waals surface area contributed by atoms with Crippen molar-refractivity contribution in [2.45, 2.75) is 12.8 Å². The molecule has 0 bridgehead atoms. The van der Waals surface area contributed by atoms with Crippen molar-refractivity contribution in [2.24, 2.45) is 0 Å². The minimum atomic E-state index is -1.02. The van der Waals surface area contributed by atoms with Gasteiger partial charge in [-0.15, -0.1) is 0 Å². The lowest BCUT2D eigenvalue weighted by Gasteiger charge is -2.10. The lowest BCUT2D eigenvalue weighted by atomic mass is 10.1. The summed E-state index contributed by atoms with van der Waals surface area (Å²) in [6.07, 6.45) is 0.506. The highest BCUT2D eigenvalue weighted by Crippen LogP contribution is 2.10. The highest BCUT2D eigenvalue weighted by atomic mass is 16.4. The maximum Gasteiger partial charge on any atom is 0.319 e. The smallest absolute Gasteiger partial charge is 0.319 e. The quantitative estimate of drug-likeness (QED) is 0.401. The Kier molecular flexibility index (Phi) is 8.85. The van der Waals surface area contributed by atoms with Crippen LogP contribution in [0.4, 0.5) is 10.5 Å². The SMILES string of the molecule is O=C(O)CCNC(=O)CNC(=O)c1cccc(NC(=O)NCCc2ccccc2)c1. The van der Waals surface area contributed by atoms with Crippen LogP contribution in [0, 0.1) is 0 Å². The van der Waals surface area contributed by atoms with Crippen LogP contribution in [0.1, 0.15) is 22.3 Å². The van der Waals surface area contributed by atoms with E-state index in [-0.39, 0.29) is 31.1 Å². The van der Waals surface area contributed by atoms with E-state index in [1.165, 1.54) is 6.07 Å². The maximum atomic E-state index is 12.2. The molecule has 0 aliphatic rings. The van der Waals surface area contributed by atoms with Crippen LogP contribution in [0.2, 0.25) is 0 Å². The molecule has 0 heterocycles. The van der Waals surface area contributed by atoms with Gasteiger partial charge in [0.2, 0.25) is 5.91 Å². The number of carboxylic acids is 1. The van der Waals surface area contributed by atoms with Crippen molar-refractivity contribution in [3.8, 4) is 0 Å². The molecule has 2 rings (SSSR count). The standard InChI is InChI=1S/C21H24N4O5/c26-18(22-12-10-19(27)28)14-24-20(29)16-7-4-8-17(13-16)25-21(30)23-11-9-15-5-2-1-3-6-15/h1-8,13H,9-12,14H2,(H,22,26)(H,24,29)(H,27,28)(H2,23,25,30). The summed E-state index contributed by atoms with van der Waals surface area (Å²) in [5.74, 6) is -2.00. The Balaban J connectivity index is 1.76. The maximum absolute atomic E-state index is 12.2.